The molecular weight excluding hydrogens is 581 g/mol. The molecule has 0 saturated carbocycles. The summed E-state index contributed by atoms with van der Waals surface area (Å²) >= 11 is 12.6. The van der Waals surface area contributed by atoms with E-state index < -0.39 is 28.5 Å². The summed E-state index contributed by atoms with van der Waals surface area (Å²) in [5.74, 6) is -0.836. The summed E-state index contributed by atoms with van der Waals surface area (Å²) in [5.41, 5.74) is 1.98. The normalized spacial score (nSPS) is 12.0. The molecule has 2 amide bonds. The highest BCUT2D eigenvalue weighted by Crippen LogP contribution is 2.27. The third-order valence-corrected chi connectivity index (χ3v) is 9.19. The highest BCUT2D eigenvalue weighted by Gasteiger charge is 2.33. The summed E-state index contributed by atoms with van der Waals surface area (Å²) in [4.78, 5) is 28.9. The van der Waals surface area contributed by atoms with Gasteiger partial charge in [0.25, 0.3) is 10.0 Å². The van der Waals surface area contributed by atoms with Crippen molar-refractivity contribution in [2.24, 2.45) is 0 Å². The zero-order chi connectivity index (χ0) is 30.0. The van der Waals surface area contributed by atoms with Crippen molar-refractivity contribution in [2.45, 2.75) is 63.9 Å². The van der Waals surface area contributed by atoms with Crippen LogP contribution < -0.4 is 9.62 Å². The Bertz CT molecular complexity index is 1420. The van der Waals surface area contributed by atoms with Gasteiger partial charge in [0.05, 0.1) is 10.6 Å². The zero-order valence-corrected chi connectivity index (χ0v) is 26.0. The first-order valence-electron chi connectivity index (χ1n) is 13.8. The van der Waals surface area contributed by atoms with Crippen LogP contribution in [0.1, 0.15) is 51.2 Å². The van der Waals surface area contributed by atoms with Crippen LogP contribution in [-0.4, -0.2) is 44.3 Å². The van der Waals surface area contributed by atoms with Gasteiger partial charge in [-0.15, -0.1) is 0 Å². The first-order valence-corrected chi connectivity index (χ1v) is 16.0. The molecule has 0 radical (unpaired) electrons. The number of halogens is 2. The van der Waals surface area contributed by atoms with E-state index >= 15 is 0 Å². The van der Waals surface area contributed by atoms with E-state index in [0.717, 1.165) is 29.1 Å². The van der Waals surface area contributed by atoms with E-state index in [4.69, 9.17) is 23.2 Å². The number of amides is 2. The van der Waals surface area contributed by atoms with Gasteiger partial charge < -0.3 is 10.2 Å². The predicted octanol–water partition coefficient (Wildman–Crippen LogP) is 6.47. The number of nitrogens with one attached hydrogen (secondary N) is 1. The molecule has 0 aromatic heterocycles. The Morgan fingerprint density at radius 1 is 0.927 bits per heavy atom. The molecule has 3 aromatic carbocycles. The molecule has 220 valence electrons. The van der Waals surface area contributed by atoms with Crippen molar-refractivity contribution in [3.8, 4) is 0 Å². The second-order valence-electron chi connectivity index (χ2n) is 9.67. The molecule has 0 aliphatic carbocycles. The van der Waals surface area contributed by atoms with E-state index in [-0.39, 0.29) is 17.3 Å². The molecule has 10 heteroatoms. The number of nitrogens with zero attached hydrogens (tertiary/aromatic N) is 2. The molecule has 7 nitrogen and oxygen atoms in total. The zero-order valence-electron chi connectivity index (χ0n) is 23.6. The fourth-order valence-corrected chi connectivity index (χ4v) is 6.31. The number of rotatable bonds is 14. The number of carbonyl (C=O) groups excluding carboxylic acids is 2. The number of benzene rings is 3. The standard InChI is InChI=1S/C31H37Cl2N3O4S/c1-4-7-19-34-31(38)29(6-3)35(21-24-15-16-25(32)20-28(24)33)30(37)22-36(26-17-13-23(5-2)14-18-26)41(39,40)27-11-9-8-10-12-27/h8-18,20,29H,4-7,19,21-22H2,1-3H3,(H,34,38)/t29-/m1/s1. The molecule has 1 atom stereocenters. The molecule has 0 spiro atoms. The van der Waals surface area contributed by atoms with Crippen molar-refractivity contribution >= 4 is 50.7 Å². The van der Waals surface area contributed by atoms with E-state index in [9.17, 15) is 18.0 Å². The van der Waals surface area contributed by atoms with Crippen molar-refractivity contribution < 1.29 is 18.0 Å². The van der Waals surface area contributed by atoms with E-state index in [0.29, 0.717) is 34.3 Å². The highest BCUT2D eigenvalue weighted by atomic mass is 35.5. The first-order chi connectivity index (χ1) is 19.6. The Morgan fingerprint density at radius 2 is 1.61 bits per heavy atom. The van der Waals surface area contributed by atoms with Crippen LogP contribution in [-0.2, 0) is 32.6 Å². The number of sulfonamides is 1. The average Bonchev–Trinajstić information content (AvgIpc) is 2.97. The molecule has 0 aliphatic rings. The summed E-state index contributed by atoms with van der Waals surface area (Å²) in [7, 11) is -4.12. The van der Waals surface area contributed by atoms with Crippen LogP contribution in [0.15, 0.2) is 77.7 Å². The van der Waals surface area contributed by atoms with Crippen LogP contribution in [0.2, 0.25) is 10.0 Å². The van der Waals surface area contributed by atoms with Gasteiger partial charge in [-0.25, -0.2) is 8.42 Å². The van der Waals surface area contributed by atoms with Crippen molar-refractivity contribution in [1.29, 1.82) is 0 Å². The number of carbonyl (C=O) groups is 2. The second-order valence-corrected chi connectivity index (χ2v) is 12.4. The van der Waals surface area contributed by atoms with Gasteiger partial charge in [0, 0.05) is 23.1 Å². The molecular formula is C31H37Cl2N3O4S. The number of unbranched alkanes of at least 4 members (excludes halogenated alkanes) is 1. The van der Waals surface area contributed by atoms with Gasteiger partial charge in [-0.2, -0.15) is 0 Å². The van der Waals surface area contributed by atoms with Crippen LogP contribution in [0, 0.1) is 0 Å². The SMILES string of the molecule is CCCCNC(=O)[C@@H](CC)N(Cc1ccc(Cl)cc1Cl)C(=O)CN(c1ccc(CC)cc1)S(=O)(=O)c1ccccc1. The van der Waals surface area contributed by atoms with E-state index in [1.807, 2.05) is 32.9 Å². The quantitative estimate of drug-likeness (QED) is 0.210. The molecule has 0 unspecified atom stereocenters. The molecule has 3 rings (SSSR count). The fourth-order valence-electron chi connectivity index (χ4n) is 4.41. The molecule has 41 heavy (non-hydrogen) atoms. The number of hydrogen-bond donors (Lipinski definition) is 1. The lowest BCUT2D eigenvalue weighted by molar-refractivity contribution is -0.140. The Balaban J connectivity index is 2.05. The van der Waals surface area contributed by atoms with Gasteiger partial charge in [0.15, 0.2) is 0 Å². The minimum Gasteiger partial charge on any atom is -0.354 e. The maximum absolute atomic E-state index is 14.1. The van der Waals surface area contributed by atoms with Crippen LogP contribution >= 0.6 is 23.2 Å². The van der Waals surface area contributed by atoms with Crippen LogP contribution in [0.25, 0.3) is 0 Å². The van der Waals surface area contributed by atoms with Crippen LogP contribution in [0.5, 0.6) is 0 Å². The molecule has 0 aliphatic heterocycles. The summed E-state index contributed by atoms with van der Waals surface area (Å²) in [5, 5.41) is 3.70. The summed E-state index contributed by atoms with van der Waals surface area (Å²) in [6, 6.07) is 19.2. The number of aryl methyl sites for hydroxylation is 1. The first kappa shape index (κ1) is 32.4. The molecule has 0 fully saturated rings. The molecule has 1 N–H and O–H groups in total. The van der Waals surface area contributed by atoms with Crippen molar-refractivity contribution in [2.75, 3.05) is 17.4 Å². The Morgan fingerprint density at radius 3 is 2.20 bits per heavy atom. The van der Waals surface area contributed by atoms with E-state index in [1.54, 1.807) is 48.5 Å². The van der Waals surface area contributed by atoms with E-state index in [1.165, 1.54) is 17.0 Å². The minimum atomic E-state index is -4.12. The molecule has 0 bridgehead atoms. The van der Waals surface area contributed by atoms with Crippen molar-refractivity contribution in [3.63, 3.8) is 0 Å². The topological polar surface area (TPSA) is 86.8 Å². The largest absolute Gasteiger partial charge is 0.354 e. The van der Waals surface area contributed by atoms with Crippen LogP contribution in [0.4, 0.5) is 5.69 Å². The molecule has 3 aromatic rings. The molecule has 0 saturated heterocycles. The van der Waals surface area contributed by atoms with Crippen LogP contribution in [0.3, 0.4) is 0 Å². The average molecular weight is 619 g/mol. The Kier molecular flexibility index (Phi) is 12.1. The smallest absolute Gasteiger partial charge is 0.264 e. The van der Waals surface area contributed by atoms with E-state index in [2.05, 4.69) is 5.32 Å². The second kappa shape index (κ2) is 15.2. The lowest BCUT2D eigenvalue weighted by atomic mass is 10.1. The number of hydrogen-bond acceptors (Lipinski definition) is 4. The molecule has 0 heterocycles. The van der Waals surface area contributed by atoms with Gasteiger partial charge in [-0.05, 0) is 66.8 Å². The lowest BCUT2D eigenvalue weighted by Gasteiger charge is -2.33. The summed E-state index contributed by atoms with van der Waals surface area (Å²) in [6.45, 7) is 5.82. The van der Waals surface area contributed by atoms with Gasteiger partial charge in [0.1, 0.15) is 12.6 Å². The summed E-state index contributed by atoms with van der Waals surface area (Å²) in [6.07, 6.45) is 2.82. The maximum Gasteiger partial charge on any atom is 0.264 e. The number of anilines is 1. The third kappa shape index (κ3) is 8.47. The van der Waals surface area contributed by atoms with Gasteiger partial charge in [0.2, 0.25) is 11.8 Å². The Hall–Kier alpha value is -3.07. The fraction of sp³-hybridized carbons (Fsp3) is 0.355. The maximum atomic E-state index is 14.1. The monoisotopic (exact) mass is 617 g/mol. The van der Waals surface area contributed by atoms with Gasteiger partial charge in [-0.3, -0.25) is 13.9 Å². The summed E-state index contributed by atoms with van der Waals surface area (Å²) < 4.78 is 28.9. The highest BCUT2D eigenvalue weighted by molar-refractivity contribution is 7.92. The van der Waals surface area contributed by atoms with Gasteiger partial charge >= 0.3 is 0 Å². The minimum absolute atomic E-state index is 0.00252. The Labute approximate surface area is 253 Å². The third-order valence-electron chi connectivity index (χ3n) is 6.81. The van der Waals surface area contributed by atoms with Crippen molar-refractivity contribution in [3.05, 3.63) is 94.0 Å². The van der Waals surface area contributed by atoms with Crippen molar-refractivity contribution in [1.82, 2.24) is 10.2 Å². The van der Waals surface area contributed by atoms with Gasteiger partial charge in [-0.1, -0.05) is 86.8 Å². The lowest BCUT2D eigenvalue weighted by Crippen LogP contribution is -2.52. The predicted molar refractivity (Wildman–Crippen MR) is 166 cm³/mol.